The Bertz CT molecular complexity index is 406. The molecular formula is C11H11NO3. The molecule has 0 aliphatic carbocycles. The number of carbonyl (C=O) groups excluding carboxylic acids is 2. The zero-order valence-corrected chi connectivity index (χ0v) is 8.40. The highest BCUT2D eigenvalue weighted by atomic mass is 16.5. The average molecular weight is 205 g/mol. The molecule has 1 heterocycles. The number of ether oxygens (including phenoxy) is 1. The van der Waals surface area contributed by atoms with Crippen molar-refractivity contribution in [3.63, 3.8) is 0 Å². The van der Waals surface area contributed by atoms with Crippen molar-refractivity contribution in [3.8, 4) is 0 Å². The van der Waals surface area contributed by atoms with Gasteiger partial charge in [-0.05, 0) is 18.2 Å². The number of rotatable bonds is 2. The molecule has 0 aromatic heterocycles. The fourth-order valence-corrected chi connectivity index (χ4v) is 1.51. The molecule has 4 nitrogen and oxygen atoms in total. The van der Waals surface area contributed by atoms with Gasteiger partial charge in [-0.3, -0.25) is 4.79 Å². The number of nitrogens with zero attached hydrogens (tertiary/aromatic N) is 1. The van der Waals surface area contributed by atoms with Crippen molar-refractivity contribution < 1.29 is 14.3 Å². The lowest BCUT2D eigenvalue weighted by molar-refractivity contribution is -0.119. The second-order valence-corrected chi connectivity index (χ2v) is 3.44. The molecule has 15 heavy (non-hydrogen) atoms. The maximum absolute atomic E-state index is 11.3. The van der Waals surface area contributed by atoms with Gasteiger partial charge in [0, 0.05) is 5.69 Å². The van der Waals surface area contributed by atoms with Crippen LogP contribution in [0.1, 0.15) is 10.4 Å². The molecule has 0 bridgehead atoms. The third kappa shape index (κ3) is 1.83. The van der Waals surface area contributed by atoms with Crippen LogP contribution in [0.25, 0.3) is 0 Å². The molecule has 0 amide bonds. The topological polar surface area (TPSA) is 46.6 Å². The highest BCUT2D eigenvalue weighted by molar-refractivity contribution is 5.96. The first kappa shape index (κ1) is 9.71. The van der Waals surface area contributed by atoms with Gasteiger partial charge in [0.05, 0.1) is 25.8 Å². The van der Waals surface area contributed by atoms with E-state index in [0.717, 1.165) is 5.69 Å². The first-order valence-electron chi connectivity index (χ1n) is 4.66. The third-order valence-corrected chi connectivity index (χ3v) is 2.37. The summed E-state index contributed by atoms with van der Waals surface area (Å²) < 4.78 is 4.62. The Kier molecular flexibility index (Phi) is 2.41. The molecule has 4 heteroatoms. The van der Waals surface area contributed by atoms with Gasteiger partial charge in [-0.25, -0.2) is 4.79 Å². The van der Waals surface area contributed by atoms with Crippen LogP contribution >= 0.6 is 0 Å². The number of anilines is 1. The lowest BCUT2D eigenvalue weighted by atomic mass is 10.1. The first-order chi connectivity index (χ1) is 7.20. The lowest BCUT2D eigenvalue weighted by Gasteiger charge is -2.31. The van der Waals surface area contributed by atoms with Crippen molar-refractivity contribution in [1.29, 1.82) is 0 Å². The van der Waals surface area contributed by atoms with Crippen LogP contribution in [0.4, 0.5) is 5.69 Å². The summed E-state index contributed by atoms with van der Waals surface area (Å²) in [6.07, 6.45) is 0. The maximum atomic E-state index is 11.3. The van der Waals surface area contributed by atoms with Crippen molar-refractivity contribution in [2.75, 3.05) is 25.1 Å². The molecule has 0 radical (unpaired) electrons. The Morgan fingerprint density at radius 2 is 2.13 bits per heavy atom. The van der Waals surface area contributed by atoms with Crippen molar-refractivity contribution >= 4 is 17.4 Å². The number of ketones is 1. The first-order valence-corrected chi connectivity index (χ1v) is 4.66. The summed E-state index contributed by atoms with van der Waals surface area (Å²) in [6, 6.07) is 7.08. The van der Waals surface area contributed by atoms with Crippen LogP contribution in [0.5, 0.6) is 0 Å². The van der Waals surface area contributed by atoms with Gasteiger partial charge >= 0.3 is 5.97 Å². The minimum Gasteiger partial charge on any atom is -0.465 e. The zero-order valence-electron chi connectivity index (χ0n) is 8.40. The van der Waals surface area contributed by atoms with Gasteiger partial charge in [-0.15, -0.1) is 0 Å². The van der Waals surface area contributed by atoms with Crippen LogP contribution in [-0.4, -0.2) is 32.0 Å². The van der Waals surface area contributed by atoms with E-state index in [2.05, 4.69) is 4.74 Å². The molecule has 0 unspecified atom stereocenters. The van der Waals surface area contributed by atoms with Gasteiger partial charge in [-0.2, -0.15) is 0 Å². The molecule has 2 rings (SSSR count). The molecule has 0 N–H and O–H groups in total. The van der Waals surface area contributed by atoms with Crippen LogP contribution in [-0.2, 0) is 9.53 Å². The van der Waals surface area contributed by atoms with Gasteiger partial charge < -0.3 is 9.64 Å². The van der Waals surface area contributed by atoms with E-state index in [-0.39, 0.29) is 11.8 Å². The number of Topliss-reactive ketones (excluding diaryl/α,β-unsaturated/α-hetero) is 1. The van der Waals surface area contributed by atoms with Crippen molar-refractivity contribution in [3.05, 3.63) is 29.8 Å². The summed E-state index contributed by atoms with van der Waals surface area (Å²) in [6.45, 7) is 0.870. The standard InChI is InChI=1S/C11H11NO3/c1-15-11(14)8-3-2-4-9(5-8)12-6-10(13)7-12/h2-5H,6-7H2,1H3. The molecule has 0 atom stereocenters. The molecule has 1 aliphatic heterocycles. The average Bonchev–Trinajstić information content (AvgIpc) is 2.24. The van der Waals surface area contributed by atoms with E-state index < -0.39 is 0 Å². The van der Waals surface area contributed by atoms with E-state index in [1.165, 1.54) is 7.11 Å². The quantitative estimate of drug-likeness (QED) is 0.672. The van der Waals surface area contributed by atoms with E-state index in [4.69, 9.17) is 0 Å². The monoisotopic (exact) mass is 205 g/mol. The van der Waals surface area contributed by atoms with Crippen LogP contribution in [0.3, 0.4) is 0 Å². The number of hydrogen-bond donors (Lipinski definition) is 0. The Morgan fingerprint density at radius 3 is 2.73 bits per heavy atom. The summed E-state index contributed by atoms with van der Waals surface area (Å²) in [5.74, 6) is -0.137. The van der Waals surface area contributed by atoms with Crippen molar-refractivity contribution in [2.24, 2.45) is 0 Å². The molecule has 1 saturated heterocycles. The van der Waals surface area contributed by atoms with Crippen molar-refractivity contribution in [1.82, 2.24) is 0 Å². The second kappa shape index (κ2) is 3.73. The minimum absolute atomic E-state index is 0.221. The molecule has 78 valence electrons. The molecule has 1 aromatic carbocycles. The maximum Gasteiger partial charge on any atom is 0.337 e. The van der Waals surface area contributed by atoms with Crippen LogP contribution < -0.4 is 4.90 Å². The Hall–Kier alpha value is -1.84. The molecule has 1 aromatic rings. The highest BCUT2D eigenvalue weighted by Crippen LogP contribution is 2.20. The van der Waals surface area contributed by atoms with E-state index >= 15 is 0 Å². The molecule has 1 aliphatic rings. The smallest absolute Gasteiger partial charge is 0.337 e. The number of hydrogen-bond acceptors (Lipinski definition) is 4. The normalized spacial score (nSPS) is 14.7. The van der Waals surface area contributed by atoms with Crippen LogP contribution in [0.2, 0.25) is 0 Å². The fourth-order valence-electron chi connectivity index (χ4n) is 1.51. The van der Waals surface area contributed by atoms with Crippen molar-refractivity contribution in [2.45, 2.75) is 0 Å². The second-order valence-electron chi connectivity index (χ2n) is 3.44. The molecular weight excluding hydrogens is 194 g/mol. The van der Waals surface area contributed by atoms with Gasteiger partial charge in [0.1, 0.15) is 0 Å². The number of benzene rings is 1. The Morgan fingerprint density at radius 1 is 1.40 bits per heavy atom. The predicted octanol–water partition coefficient (Wildman–Crippen LogP) is 0.862. The molecule has 0 spiro atoms. The lowest BCUT2D eigenvalue weighted by Crippen LogP contribution is -2.47. The third-order valence-electron chi connectivity index (χ3n) is 2.37. The van der Waals surface area contributed by atoms with E-state index in [9.17, 15) is 9.59 Å². The van der Waals surface area contributed by atoms with E-state index in [1.54, 1.807) is 18.2 Å². The minimum atomic E-state index is -0.358. The fraction of sp³-hybridized carbons (Fsp3) is 0.273. The Labute approximate surface area is 87.4 Å². The summed E-state index contributed by atoms with van der Waals surface area (Å²) in [4.78, 5) is 24.0. The Balaban J connectivity index is 2.19. The largest absolute Gasteiger partial charge is 0.465 e. The predicted molar refractivity (Wildman–Crippen MR) is 55.0 cm³/mol. The number of esters is 1. The summed E-state index contributed by atoms with van der Waals surface area (Å²) in [7, 11) is 1.35. The van der Waals surface area contributed by atoms with Gasteiger partial charge in [0.15, 0.2) is 5.78 Å². The molecule has 0 saturated carbocycles. The van der Waals surface area contributed by atoms with Gasteiger partial charge in [0.2, 0.25) is 0 Å². The summed E-state index contributed by atoms with van der Waals surface area (Å²) in [5.41, 5.74) is 1.40. The zero-order chi connectivity index (χ0) is 10.8. The highest BCUT2D eigenvalue weighted by Gasteiger charge is 2.23. The number of carbonyl (C=O) groups is 2. The van der Waals surface area contributed by atoms with Gasteiger partial charge in [0.25, 0.3) is 0 Å². The summed E-state index contributed by atoms with van der Waals surface area (Å²) >= 11 is 0. The molecule has 1 fully saturated rings. The van der Waals surface area contributed by atoms with Crippen LogP contribution in [0.15, 0.2) is 24.3 Å². The van der Waals surface area contributed by atoms with Gasteiger partial charge in [-0.1, -0.05) is 6.07 Å². The number of methoxy groups -OCH3 is 1. The SMILES string of the molecule is COC(=O)c1cccc(N2CC(=O)C2)c1. The summed E-state index contributed by atoms with van der Waals surface area (Å²) in [5, 5.41) is 0. The van der Waals surface area contributed by atoms with Crippen LogP contribution in [0, 0.1) is 0 Å². The van der Waals surface area contributed by atoms with E-state index in [1.807, 2.05) is 11.0 Å². The van der Waals surface area contributed by atoms with E-state index in [0.29, 0.717) is 18.7 Å².